The predicted molar refractivity (Wildman–Crippen MR) is 109 cm³/mol. The number of amides is 1. The number of fused-ring (bicyclic) bond motifs is 2. The monoisotopic (exact) mass is 426 g/mol. The van der Waals surface area contributed by atoms with Gasteiger partial charge in [0.1, 0.15) is 11.3 Å². The standard InChI is InChI=1S/C21H12Cl2N2O4/c1-10-8-16(24-29-10)25-18(11-6-7-13(22)14(23)9-11)17-19(26)12-4-2-3-5-15(12)28-20(17)21(25)27/h2-9,18H,1H3/t18-/m1/s1. The molecule has 1 atom stereocenters. The van der Waals surface area contributed by atoms with Gasteiger partial charge in [-0.1, -0.05) is 46.6 Å². The maximum absolute atomic E-state index is 13.3. The van der Waals surface area contributed by atoms with Gasteiger partial charge in [-0.25, -0.2) is 0 Å². The molecule has 4 aromatic rings. The third-order valence-corrected chi connectivity index (χ3v) is 5.64. The molecule has 3 heterocycles. The fourth-order valence-corrected chi connectivity index (χ4v) is 3.93. The quantitative estimate of drug-likeness (QED) is 0.443. The van der Waals surface area contributed by atoms with Crippen molar-refractivity contribution in [3.05, 3.63) is 91.4 Å². The van der Waals surface area contributed by atoms with Gasteiger partial charge in [-0.2, -0.15) is 0 Å². The van der Waals surface area contributed by atoms with Crippen molar-refractivity contribution in [1.82, 2.24) is 5.16 Å². The van der Waals surface area contributed by atoms with E-state index in [1.807, 2.05) is 0 Å². The maximum Gasteiger partial charge on any atom is 0.296 e. The first-order valence-corrected chi connectivity index (χ1v) is 9.49. The summed E-state index contributed by atoms with van der Waals surface area (Å²) >= 11 is 12.3. The van der Waals surface area contributed by atoms with Gasteiger partial charge < -0.3 is 8.94 Å². The lowest BCUT2D eigenvalue weighted by Crippen LogP contribution is -2.29. The molecular formula is C21H12Cl2N2O4. The molecule has 0 aliphatic carbocycles. The first-order chi connectivity index (χ1) is 14.0. The van der Waals surface area contributed by atoms with Crippen LogP contribution in [0.3, 0.4) is 0 Å². The van der Waals surface area contributed by atoms with Crippen LogP contribution in [0.15, 0.2) is 62.3 Å². The average molecular weight is 427 g/mol. The van der Waals surface area contributed by atoms with Crippen molar-refractivity contribution in [3.63, 3.8) is 0 Å². The van der Waals surface area contributed by atoms with Gasteiger partial charge >= 0.3 is 0 Å². The molecule has 0 N–H and O–H groups in total. The van der Waals surface area contributed by atoms with Crippen LogP contribution in [0.5, 0.6) is 0 Å². The lowest BCUT2D eigenvalue weighted by molar-refractivity contribution is 0.0969. The van der Waals surface area contributed by atoms with Gasteiger partial charge in [-0.15, -0.1) is 0 Å². The van der Waals surface area contributed by atoms with Crippen molar-refractivity contribution in [2.45, 2.75) is 13.0 Å². The number of halogens is 2. The fourth-order valence-electron chi connectivity index (χ4n) is 3.62. The topological polar surface area (TPSA) is 76.6 Å². The number of carbonyl (C=O) groups is 1. The summed E-state index contributed by atoms with van der Waals surface area (Å²) in [6, 6.07) is 12.6. The van der Waals surface area contributed by atoms with Crippen LogP contribution >= 0.6 is 23.2 Å². The number of nitrogens with zero attached hydrogens (tertiary/aromatic N) is 2. The van der Waals surface area contributed by atoms with Crippen molar-refractivity contribution in [2.75, 3.05) is 4.90 Å². The van der Waals surface area contributed by atoms with Crippen molar-refractivity contribution >= 4 is 45.9 Å². The first-order valence-electron chi connectivity index (χ1n) is 8.73. The normalized spacial score (nSPS) is 15.9. The summed E-state index contributed by atoms with van der Waals surface area (Å²) in [6.45, 7) is 1.72. The van der Waals surface area contributed by atoms with Crippen LogP contribution in [0.2, 0.25) is 10.0 Å². The van der Waals surface area contributed by atoms with E-state index in [0.29, 0.717) is 32.3 Å². The molecule has 0 unspecified atom stereocenters. The number of aryl methyl sites for hydroxylation is 1. The number of carbonyl (C=O) groups excluding carboxylic acids is 1. The number of hydrogen-bond acceptors (Lipinski definition) is 5. The van der Waals surface area contributed by atoms with E-state index in [0.717, 1.165) is 0 Å². The number of rotatable bonds is 2. The van der Waals surface area contributed by atoms with Gasteiger partial charge in [-0.3, -0.25) is 14.5 Å². The van der Waals surface area contributed by atoms with E-state index < -0.39 is 11.9 Å². The summed E-state index contributed by atoms with van der Waals surface area (Å²) < 4.78 is 11.0. The summed E-state index contributed by atoms with van der Waals surface area (Å²) in [5.41, 5.74) is 0.895. The largest absolute Gasteiger partial charge is 0.450 e. The molecular weight excluding hydrogens is 415 g/mol. The SMILES string of the molecule is Cc1cc(N2C(=O)c3oc4ccccc4c(=O)c3[C@H]2c2ccc(Cl)c(Cl)c2)no1. The molecule has 29 heavy (non-hydrogen) atoms. The first kappa shape index (κ1) is 18.0. The second-order valence-electron chi connectivity index (χ2n) is 6.72. The van der Waals surface area contributed by atoms with E-state index in [1.54, 1.807) is 55.5 Å². The van der Waals surface area contributed by atoms with Crippen molar-refractivity contribution in [3.8, 4) is 0 Å². The van der Waals surface area contributed by atoms with E-state index >= 15 is 0 Å². The van der Waals surface area contributed by atoms with E-state index in [2.05, 4.69) is 5.16 Å². The summed E-state index contributed by atoms with van der Waals surface area (Å²) in [5.74, 6) is 0.303. The third-order valence-electron chi connectivity index (χ3n) is 4.90. The van der Waals surface area contributed by atoms with Gasteiger partial charge in [0.15, 0.2) is 11.2 Å². The Morgan fingerprint density at radius 1 is 1.03 bits per heavy atom. The Morgan fingerprint density at radius 2 is 1.83 bits per heavy atom. The summed E-state index contributed by atoms with van der Waals surface area (Å²) in [6.07, 6.45) is 0. The molecule has 0 spiro atoms. The second kappa shape index (κ2) is 6.47. The molecule has 1 amide bonds. The Labute approximate surface area is 174 Å². The zero-order valence-electron chi connectivity index (χ0n) is 15.0. The minimum Gasteiger partial charge on any atom is -0.450 e. The Kier molecular flexibility index (Phi) is 4.01. The average Bonchev–Trinajstić information content (AvgIpc) is 3.26. The van der Waals surface area contributed by atoms with E-state index in [9.17, 15) is 9.59 Å². The molecule has 2 aromatic heterocycles. The highest BCUT2D eigenvalue weighted by atomic mass is 35.5. The van der Waals surface area contributed by atoms with Gasteiger partial charge in [0, 0.05) is 6.07 Å². The molecule has 0 saturated heterocycles. The number of benzene rings is 2. The molecule has 0 radical (unpaired) electrons. The lowest BCUT2D eigenvalue weighted by Gasteiger charge is -2.22. The van der Waals surface area contributed by atoms with Crippen LogP contribution in [0.4, 0.5) is 5.82 Å². The van der Waals surface area contributed by atoms with E-state index in [-0.39, 0.29) is 22.6 Å². The van der Waals surface area contributed by atoms with Gasteiger partial charge in [0.2, 0.25) is 5.76 Å². The highest BCUT2D eigenvalue weighted by molar-refractivity contribution is 6.42. The Balaban J connectivity index is 1.83. The summed E-state index contributed by atoms with van der Waals surface area (Å²) in [5, 5.41) is 5.05. The van der Waals surface area contributed by atoms with Crippen LogP contribution in [0, 0.1) is 6.92 Å². The predicted octanol–water partition coefficient (Wildman–Crippen LogP) is 5.15. The number of anilines is 1. The maximum atomic E-state index is 13.3. The Bertz CT molecular complexity index is 1360. The molecule has 0 bridgehead atoms. The van der Waals surface area contributed by atoms with Crippen LogP contribution in [0.25, 0.3) is 11.0 Å². The second-order valence-corrected chi connectivity index (χ2v) is 7.53. The van der Waals surface area contributed by atoms with Crippen molar-refractivity contribution < 1.29 is 13.7 Å². The van der Waals surface area contributed by atoms with Gasteiger partial charge in [0.05, 0.1) is 27.0 Å². The summed E-state index contributed by atoms with van der Waals surface area (Å²) in [4.78, 5) is 28.0. The Morgan fingerprint density at radius 3 is 2.55 bits per heavy atom. The van der Waals surface area contributed by atoms with Crippen LogP contribution in [-0.4, -0.2) is 11.1 Å². The lowest BCUT2D eigenvalue weighted by atomic mass is 9.98. The van der Waals surface area contributed by atoms with Gasteiger partial charge in [-0.05, 0) is 36.8 Å². The molecule has 0 saturated carbocycles. The molecule has 144 valence electrons. The van der Waals surface area contributed by atoms with Crippen molar-refractivity contribution in [2.24, 2.45) is 0 Å². The minimum atomic E-state index is -0.780. The van der Waals surface area contributed by atoms with Gasteiger partial charge in [0.25, 0.3) is 5.91 Å². The molecule has 8 heteroatoms. The zero-order valence-corrected chi connectivity index (χ0v) is 16.5. The molecule has 6 nitrogen and oxygen atoms in total. The molecule has 1 aliphatic rings. The Hall–Kier alpha value is -3.09. The summed E-state index contributed by atoms with van der Waals surface area (Å²) in [7, 11) is 0. The number of hydrogen-bond donors (Lipinski definition) is 0. The molecule has 0 fully saturated rings. The third kappa shape index (κ3) is 2.68. The van der Waals surface area contributed by atoms with Crippen LogP contribution in [-0.2, 0) is 0 Å². The van der Waals surface area contributed by atoms with Crippen LogP contribution in [0.1, 0.15) is 33.5 Å². The highest BCUT2D eigenvalue weighted by Gasteiger charge is 2.45. The number of aromatic nitrogens is 1. The zero-order chi connectivity index (χ0) is 20.3. The molecule has 5 rings (SSSR count). The van der Waals surface area contributed by atoms with Crippen LogP contribution < -0.4 is 10.3 Å². The smallest absolute Gasteiger partial charge is 0.296 e. The molecule has 2 aromatic carbocycles. The molecule has 1 aliphatic heterocycles. The minimum absolute atomic E-state index is 0.0228. The number of para-hydroxylation sites is 1. The highest BCUT2D eigenvalue weighted by Crippen LogP contribution is 2.42. The van der Waals surface area contributed by atoms with Crippen molar-refractivity contribution in [1.29, 1.82) is 0 Å². The van der Waals surface area contributed by atoms with E-state index in [4.69, 9.17) is 32.1 Å². The fraction of sp³-hybridized carbons (Fsp3) is 0.0952. The van der Waals surface area contributed by atoms with E-state index in [1.165, 1.54) is 4.90 Å².